The molecule has 0 N–H and O–H groups in total. The van der Waals surface area contributed by atoms with Gasteiger partial charge >= 0.3 is 6.16 Å². The number of hydroxylamine groups is 2. The van der Waals surface area contributed by atoms with Crippen molar-refractivity contribution in [2.24, 2.45) is 5.92 Å². The van der Waals surface area contributed by atoms with Crippen molar-refractivity contribution in [2.75, 3.05) is 13.2 Å². The van der Waals surface area contributed by atoms with Gasteiger partial charge in [-0.2, -0.15) is 0 Å². The Bertz CT molecular complexity index is 526. The summed E-state index contributed by atoms with van der Waals surface area (Å²) in [4.78, 5) is 39.0. The number of carbonyl (C=O) groups excluding carboxylic acids is 3. The quantitative estimate of drug-likeness (QED) is 0.515. The van der Waals surface area contributed by atoms with Crippen LogP contribution in [0.4, 0.5) is 4.79 Å². The summed E-state index contributed by atoms with van der Waals surface area (Å²) in [6.45, 7) is -2.37. The topological polar surface area (TPSA) is 91.4 Å². The fourth-order valence-electron chi connectivity index (χ4n) is 2.06. The molecular weight excluding hydrogens is 258 g/mol. The Morgan fingerprint density at radius 1 is 1.37 bits per heavy atom. The number of carbonyl (C=O) groups is 3. The number of hydrogen-bond acceptors (Lipinski definition) is 7. The molecule has 8 heteroatoms. The van der Waals surface area contributed by atoms with Crippen LogP contribution in [0.15, 0.2) is 0 Å². The fraction of sp³-hybridized carbons (Fsp3) is 0.727. The van der Waals surface area contributed by atoms with Crippen LogP contribution in [0.1, 0.15) is 23.4 Å². The van der Waals surface area contributed by atoms with Crippen LogP contribution >= 0.6 is 0 Å². The first-order chi connectivity index (χ1) is 10.2. The third-order valence-electron chi connectivity index (χ3n) is 3.02. The van der Waals surface area contributed by atoms with Gasteiger partial charge in [0.05, 0.1) is 23.2 Å². The number of ether oxygens (including phenoxy) is 3. The van der Waals surface area contributed by atoms with Crippen molar-refractivity contribution in [1.29, 1.82) is 0 Å². The van der Waals surface area contributed by atoms with Crippen LogP contribution in [0.5, 0.6) is 0 Å². The molecule has 3 rings (SSSR count). The lowest BCUT2D eigenvalue weighted by atomic mass is 10.0. The van der Waals surface area contributed by atoms with E-state index in [1.807, 2.05) is 0 Å². The van der Waals surface area contributed by atoms with Gasteiger partial charge < -0.3 is 14.2 Å². The van der Waals surface area contributed by atoms with E-state index in [2.05, 4.69) is 4.84 Å². The Labute approximate surface area is 112 Å². The summed E-state index contributed by atoms with van der Waals surface area (Å²) in [5, 5.41) is 0.264. The zero-order valence-corrected chi connectivity index (χ0v) is 9.79. The van der Waals surface area contributed by atoms with Crippen LogP contribution < -0.4 is 0 Å². The van der Waals surface area contributed by atoms with E-state index in [1.165, 1.54) is 0 Å². The Hall–Kier alpha value is -1.67. The van der Waals surface area contributed by atoms with E-state index in [0.29, 0.717) is 0 Å². The third-order valence-corrected chi connectivity index (χ3v) is 3.02. The highest BCUT2D eigenvalue weighted by Gasteiger charge is 2.44. The van der Waals surface area contributed by atoms with Crippen molar-refractivity contribution in [2.45, 2.75) is 31.6 Å². The third kappa shape index (κ3) is 2.28. The van der Waals surface area contributed by atoms with Crippen LogP contribution in [0, 0.1) is 5.92 Å². The predicted octanol–water partition coefficient (Wildman–Crippen LogP) is -0.0350. The van der Waals surface area contributed by atoms with E-state index in [9.17, 15) is 14.4 Å². The van der Waals surface area contributed by atoms with Crippen molar-refractivity contribution >= 4 is 18.0 Å². The molecule has 19 heavy (non-hydrogen) atoms. The van der Waals surface area contributed by atoms with Gasteiger partial charge in [0.2, 0.25) is 0 Å². The molecule has 3 aliphatic heterocycles. The highest BCUT2D eigenvalue weighted by Crippen LogP contribution is 2.33. The van der Waals surface area contributed by atoms with Gasteiger partial charge in [0, 0.05) is 12.8 Å². The molecule has 0 spiro atoms. The first-order valence-corrected chi connectivity index (χ1v) is 5.81. The lowest BCUT2D eigenvalue weighted by Gasteiger charge is -2.17. The molecule has 3 heterocycles. The minimum absolute atomic E-state index is 0.0827. The SMILES string of the molecule is [2H]C1([2H])O[C@H]2OCC[C@H]2[C@@]1([2H])OC(=O)ON1C(=O)CCC1=O. The zero-order chi connectivity index (χ0) is 16.1. The van der Waals surface area contributed by atoms with Crippen molar-refractivity contribution in [1.82, 2.24) is 5.06 Å². The molecule has 104 valence electrons. The Morgan fingerprint density at radius 2 is 2.11 bits per heavy atom. The number of imide groups is 1. The Kier molecular flexibility index (Phi) is 2.33. The van der Waals surface area contributed by atoms with Crippen LogP contribution in [0.25, 0.3) is 0 Å². The predicted molar refractivity (Wildman–Crippen MR) is 56.2 cm³/mol. The molecule has 2 amide bonds. The maximum Gasteiger partial charge on any atom is 0.534 e. The summed E-state index contributed by atoms with van der Waals surface area (Å²) >= 11 is 0. The normalized spacial score (nSPS) is 42.5. The first kappa shape index (κ1) is 9.27. The molecule has 0 aromatic carbocycles. The summed E-state index contributed by atoms with van der Waals surface area (Å²) < 4.78 is 38.3. The van der Waals surface area contributed by atoms with Crippen molar-refractivity contribution in [3.63, 3.8) is 0 Å². The number of hydrogen-bond donors (Lipinski definition) is 0. The van der Waals surface area contributed by atoms with Gasteiger partial charge in [-0.25, -0.2) is 4.79 Å². The maximum atomic E-state index is 11.8. The van der Waals surface area contributed by atoms with Gasteiger partial charge in [-0.3, -0.25) is 14.4 Å². The number of amides is 2. The molecule has 0 unspecified atom stereocenters. The van der Waals surface area contributed by atoms with Crippen LogP contribution in [0.3, 0.4) is 0 Å². The van der Waals surface area contributed by atoms with E-state index < -0.39 is 42.8 Å². The molecule has 3 atom stereocenters. The minimum Gasteiger partial charge on any atom is -0.426 e. The Balaban J connectivity index is 1.72. The maximum absolute atomic E-state index is 11.8. The average Bonchev–Trinajstić information content (AvgIpc) is 3.03. The lowest BCUT2D eigenvalue weighted by molar-refractivity contribution is -0.179. The van der Waals surface area contributed by atoms with E-state index in [4.69, 9.17) is 18.3 Å². The summed E-state index contributed by atoms with van der Waals surface area (Å²) in [5.41, 5.74) is 0. The second kappa shape index (κ2) is 4.78. The molecule has 8 nitrogen and oxygen atoms in total. The van der Waals surface area contributed by atoms with E-state index in [1.54, 1.807) is 0 Å². The fourth-order valence-corrected chi connectivity index (χ4v) is 2.06. The molecule has 3 aliphatic rings. The van der Waals surface area contributed by atoms with Gasteiger partial charge in [-0.15, -0.1) is 0 Å². The highest BCUT2D eigenvalue weighted by atomic mass is 16.8. The number of fused-ring (bicyclic) bond motifs is 1. The molecule has 0 saturated carbocycles. The number of nitrogens with zero attached hydrogens (tertiary/aromatic N) is 1. The highest BCUT2D eigenvalue weighted by molar-refractivity contribution is 6.01. The minimum atomic E-state index is -2.61. The largest absolute Gasteiger partial charge is 0.534 e. The lowest BCUT2D eigenvalue weighted by Crippen LogP contribution is -2.35. The Morgan fingerprint density at radius 3 is 2.84 bits per heavy atom. The number of rotatable bonds is 2. The molecular formula is C11H13NO7. The molecule has 0 aliphatic carbocycles. The van der Waals surface area contributed by atoms with E-state index >= 15 is 0 Å². The summed E-state index contributed by atoms with van der Waals surface area (Å²) in [6.07, 6.45) is -4.80. The summed E-state index contributed by atoms with van der Waals surface area (Å²) in [7, 11) is 0. The van der Waals surface area contributed by atoms with Crippen molar-refractivity contribution in [3.05, 3.63) is 0 Å². The smallest absolute Gasteiger partial charge is 0.426 e. The van der Waals surface area contributed by atoms with Gasteiger partial charge in [-0.05, 0) is 6.42 Å². The van der Waals surface area contributed by atoms with Crippen LogP contribution in [-0.4, -0.2) is 48.6 Å². The van der Waals surface area contributed by atoms with Crippen molar-refractivity contribution < 1.29 is 37.5 Å². The van der Waals surface area contributed by atoms with Crippen LogP contribution in [-0.2, 0) is 28.6 Å². The standard InChI is InChI=1S/C11H13NO7/c13-8-1-2-9(14)12(8)19-11(15)18-7-5-17-10-6(7)3-4-16-10/h6-7,10H,1-5H2/t6-,7-,10+/m0/s1/i5D2,7D. The van der Waals surface area contributed by atoms with Gasteiger partial charge in [0.1, 0.15) is 6.08 Å². The molecule has 3 saturated heterocycles. The van der Waals surface area contributed by atoms with E-state index in [0.717, 1.165) is 0 Å². The second-order valence-electron chi connectivity index (χ2n) is 4.24. The average molecular weight is 274 g/mol. The van der Waals surface area contributed by atoms with Gasteiger partial charge in [0.25, 0.3) is 11.8 Å². The van der Waals surface area contributed by atoms with Gasteiger partial charge in [0.15, 0.2) is 6.29 Å². The molecule has 0 aromatic heterocycles. The monoisotopic (exact) mass is 274 g/mol. The zero-order valence-electron chi connectivity index (χ0n) is 12.8. The summed E-state index contributed by atoms with van der Waals surface area (Å²) in [6, 6.07) is 0. The first-order valence-electron chi connectivity index (χ1n) is 7.31. The van der Waals surface area contributed by atoms with Crippen molar-refractivity contribution in [3.8, 4) is 0 Å². The van der Waals surface area contributed by atoms with E-state index in [-0.39, 0.29) is 30.9 Å². The van der Waals surface area contributed by atoms with Gasteiger partial charge in [-0.1, -0.05) is 5.06 Å². The summed E-state index contributed by atoms with van der Waals surface area (Å²) in [5.74, 6) is -2.23. The molecule has 0 bridgehead atoms. The molecule has 0 radical (unpaired) electrons. The second-order valence-corrected chi connectivity index (χ2v) is 4.24. The van der Waals surface area contributed by atoms with Crippen LogP contribution in [0.2, 0.25) is 0 Å². The molecule has 3 fully saturated rings. The molecule has 0 aromatic rings.